The molecule has 1 heterocycles. The topological polar surface area (TPSA) is 51.2 Å². The van der Waals surface area contributed by atoms with Crippen molar-refractivity contribution in [2.75, 3.05) is 5.32 Å². The first kappa shape index (κ1) is 13.1. The van der Waals surface area contributed by atoms with Gasteiger partial charge < -0.3 is 4.74 Å². The molecule has 1 amide bonds. The van der Waals surface area contributed by atoms with E-state index in [1.807, 2.05) is 32.9 Å². The van der Waals surface area contributed by atoms with Crippen LogP contribution in [0.1, 0.15) is 20.8 Å². The highest BCUT2D eigenvalue weighted by molar-refractivity contribution is 7.22. The number of thiazole rings is 1. The Bertz CT molecular complexity index is 589. The number of fused-ring (bicyclic) bond motifs is 1. The summed E-state index contributed by atoms with van der Waals surface area (Å²) < 4.78 is 6.58. The molecule has 0 spiro atoms. The molecule has 4 nitrogen and oxygen atoms in total. The van der Waals surface area contributed by atoms with Crippen LogP contribution in [0.2, 0.25) is 4.47 Å². The standard InChI is InChI=1S/C12H13ClN2O2S/c1-12(2,3)17-11(16)14-7-4-5-8-9(6-7)18-10(13)15-8/h4-6H,1-3H3,(H,14,16). The van der Waals surface area contributed by atoms with E-state index in [-0.39, 0.29) is 0 Å². The zero-order valence-corrected chi connectivity index (χ0v) is 11.9. The van der Waals surface area contributed by atoms with Gasteiger partial charge in [0.15, 0.2) is 4.47 Å². The van der Waals surface area contributed by atoms with Crippen LogP contribution in [0.25, 0.3) is 10.2 Å². The Labute approximate surface area is 114 Å². The van der Waals surface area contributed by atoms with Crippen molar-refractivity contribution in [1.82, 2.24) is 4.98 Å². The predicted molar refractivity (Wildman–Crippen MR) is 74.5 cm³/mol. The number of hydrogen-bond acceptors (Lipinski definition) is 4. The van der Waals surface area contributed by atoms with Crippen molar-refractivity contribution in [1.29, 1.82) is 0 Å². The van der Waals surface area contributed by atoms with Crippen molar-refractivity contribution in [3.05, 3.63) is 22.7 Å². The fraction of sp³-hybridized carbons (Fsp3) is 0.333. The summed E-state index contributed by atoms with van der Waals surface area (Å²) in [6, 6.07) is 5.40. The third-order valence-electron chi connectivity index (χ3n) is 2.01. The van der Waals surface area contributed by atoms with Crippen LogP contribution < -0.4 is 5.32 Å². The number of benzene rings is 1. The Morgan fingerprint density at radius 3 is 2.83 bits per heavy atom. The molecule has 2 aromatic rings. The Hall–Kier alpha value is -1.33. The van der Waals surface area contributed by atoms with Crippen molar-refractivity contribution in [3.63, 3.8) is 0 Å². The lowest BCUT2D eigenvalue weighted by Gasteiger charge is -2.19. The van der Waals surface area contributed by atoms with Crippen LogP contribution >= 0.6 is 22.9 Å². The number of carbonyl (C=O) groups is 1. The van der Waals surface area contributed by atoms with Gasteiger partial charge in [0.05, 0.1) is 10.2 Å². The molecule has 0 bridgehead atoms. The van der Waals surface area contributed by atoms with Crippen molar-refractivity contribution >= 4 is 44.9 Å². The number of nitrogens with one attached hydrogen (secondary N) is 1. The lowest BCUT2D eigenvalue weighted by Crippen LogP contribution is -2.27. The van der Waals surface area contributed by atoms with Crippen LogP contribution in [-0.2, 0) is 4.74 Å². The summed E-state index contributed by atoms with van der Waals surface area (Å²) in [4.78, 5) is 15.7. The van der Waals surface area contributed by atoms with E-state index in [1.54, 1.807) is 6.07 Å². The van der Waals surface area contributed by atoms with Crippen LogP contribution in [0.3, 0.4) is 0 Å². The van der Waals surface area contributed by atoms with E-state index in [2.05, 4.69) is 10.3 Å². The lowest BCUT2D eigenvalue weighted by molar-refractivity contribution is 0.0636. The van der Waals surface area contributed by atoms with Crippen LogP contribution in [0.4, 0.5) is 10.5 Å². The number of nitrogens with zero attached hydrogens (tertiary/aromatic N) is 1. The normalized spacial score (nSPS) is 11.6. The number of rotatable bonds is 1. The highest BCUT2D eigenvalue weighted by atomic mass is 35.5. The van der Waals surface area contributed by atoms with Crippen molar-refractivity contribution in [2.45, 2.75) is 26.4 Å². The van der Waals surface area contributed by atoms with Gasteiger partial charge >= 0.3 is 6.09 Å². The summed E-state index contributed by atoms with van der Waals surface area (Å²) in [7, 11) is 0. The maximum absolute atomic E-state index is 11.6. The molecule has 2 rings (SSSR count). The highest BCUT2D eigenvalue weighted by Crippen LogP contribution is 2.28. The largest absolute Gasteiger partial charge is 0.444 e. The number of ether oxygens (including phenoxy) is 1. The second-order valence-electron chi connectivity index (χ2n) is 4.78. The SMILES string of the molecule is CC(C)(C)OC(=O)Nc1ccc2nc(Cl)sc2c1. The first-order valence-electron chi connectivity index (χ1n) is 5.39. The number of hydrogen-bond donors (Lipinski definition) is 1. The molecular formula is C12H13ClN2O2S. The van der Waals surface area contributed by atoms with E-state index in [4.69, 9.17) is 16.3 Å². The van der Waals surface area contributed by atoms with Crippen molar-refractivity contribution < 1.29 is 9.53 Å². The molecule has 1 aromatic heterocycles. The average molecular weight is 285 g/mol. The molecule has 1 aromatic carbocycles. The summed E-state index contributed by atoms with van der Waals surface area (Å²) in [6.45, 7) is 5.45. The van der Waals surface area contributed by atoms with Crippen molar-refractivity contribution in [2.24, 2.45) is 0 Å². The maximum atomic E-state index is 11.6. The third-order valence-corrected chi connectivity index (χ3v) is 3.13. The average Bonchev–Trinajstić information content (AvgIpc) is 2.53. The fourth-order valence-electron chi connectivity index (χ4n) is 1.40. The number of amides is 1. The molecule has 96 valence electrons. The molecule has 1 N–H and O–H groups in total. The van der Waals surface area contributed by atoms with Gasteiger partial charge in [-0.2, -0.15) is 0 Å². The fourth-order valence-corrected chi connectivity index (χ4v) is 2.47. The molecule has 0 unspecified atom stereocenters. The molecule has 0 radical (unpaired) electrons. The van der Waals surface area contributed by atoms with Gasteiger partial charge in [0.1, 0.15) is 5.60 Å². The monoisotopic (exact) mass is 284 g/mol. The van der Waals surface area contributed by atoms with Crippen LogP contribution in [-0.4, -0.2) is 16.7 Å². The van der Waals surface area contributed by atoms with E-state index in [0.29, 0.717) is 10.2 Å². The Balaban J connectivity index is 2.14. The minimum atomic E-state index is -0.512. The highest BCUT2D eigenvalue weighted by Gasteiger charge is 2.16. The molecule has 6 heteroatoms. The van der Waals surface area contributed by atoms with E-state index in [1.165, 1.54) is 11.3 Å². The maximum Gasteiger partial charge on any atom is 0.412 e. The van der Waals surface area contributed by atoms with Gasteiger partial charge in [-0.3, -0.25) is 5.32 Å². The third kappa shape index (κ3) is 3.34. The molecule has 0 saturated heterocycles. The zero-order chi connectivity index (χ0) is 13.3. The summed E-state index contributed by atoms with van der Waals surface area (Å²) in [5, 5.41) is 2.67. The second-order valence-corrected chi connectivity index (χ2v) is 6.39. The van der Waals surface area contributed by atoms with Crippen molar-refractivity contribution in [3.8, 4) is 0 Å². The van der Waals surface area contributed by atoms with E-state index >= 15 is 0 Å². The number of anilines is 1. The molecule has 0 saturated carbocycles. The van der Waals surface area contributed by atoms with Gasteiger partial charge in [0, 0.05) is 5.69 Å². The summed E-state index contributed by atoms with van der Waals surface area (Å²) in [5.41, 5.74) is 0.971. The summed E-state index contributed by atoms with van der Waals surface area (Å²) >= 11 is 7.19. The van der Waals surface area contributed by atoms with Crippen LogP contribution in [0.15, 0.2) is 18.2 Å². The lowest BCUT2D eigenvalue weighted by atomic mass is 10.2. The summed E-state index contributed by atoms with van der Waals surface area (Å²) in [6.07, 6.45) is -0.475. The minimum absolute atomic E-state index is 0.475. The van der Waals surface area contributed by atoms with Crippen LogP contribution in [0, 0.1) is 0 Å². The smallest absolute Gasteiger partial charge is 0.412 e. The molecule has 0 aliphatic carbocycles. The number of carbonyl (C=O) groups excluding carboxylic acids is 1. The zero-order valence-electron chi connectivity index (χ0n) is 10.3. The van der Waals surface area contributed by atoms with Gasteiger partial charge in [0.25, 0.3) is 0 Å². The molecule has 18 heavy (non-hydrogen) atoms. The Morgan fingerprint density at radius 2 is 2.17 bits per heavy atom. The second kappa shape index (κ2) is 4.74. The predicted octanol–water partition coefficient (Wildman–Crippen LogP) is 4.30. The van der Waals surface area contributed by atoms with Gasteiger partial charge in [-0.05, 0) is 39.0 Å². The van der Waals surface area contributed by atoms with E-state index < -0.39 is 11.7 Å². The van der Waals surface area contributed by atoms with Crippen LogP contribution in [0.5, 0.6) is 0 Å². The van der Waals surface area contributed by atoms with Gasteiger partial charge in [-0.1, -0.05) is 11.6 Å². The molecule has 0 aliphatic rings. The van der Waals surface area contributed by atoms with Gasteiger partial charge in [-0.15, -0.1) is 11.3 Å². The van der Waals surface area contributed by atoms with Gasteiger partial charge in [0.2, 0.25) is 0 Å². The molecule has 0 fully saturated rings. The number of halogens is 1. The van der Waals surface area contributed by atoms with E-state index in [9.17, 15) is 4.79 Å². The number of aromatic nitrogens is 1. The first-order chi connectivity index (χ1) is 8.33. The Kier molecular flexibility index (Phi) is 3.45. The van der Waals surface area contributed by atoms with E-state index in [0.717, 1.165) is 10.2 Å². The molecule has 0 atom stereocenters. The minimum Gasteiger partial charge on any atom is -0.444 e. The quantitative estimate of drug-likeness (QED) is 0.849. The summed E-state index contributed by atoms with van der Waals surface area (Å²) in [5.74, 6) is 0. The first-order valence-corrected chi connectivity index (χ1v) is 6.59. The molecular weight excluding hydrogens is 272 g/mol. The Morgan fingerprint density at radius 1 is 1.44 bits per heavy atom. The van der Waals surface area contributed by atoms with Gasteiger partial charge in [-0.25, -0.2) is 9.78 Å². The molecule has 0 aliphatic heterocycles.